The zero-order chi connectivity index (χ0) is 22.0. The van der Waals surface area contributed by atoms with Crippen LogP contribution in [0.2, 0.25) is 0 Å². The molecule has 1 aromatic heterocycles. The quantitative estimate of drug-likeness (QED) is 0.576. The number of halogens is 1. The van der Waals surface area contributed by atoms with Crippen molar-refractivity contribution in [2.45, 2.75) is 23.5 Å². The summed E-state index contributed by atoms with van der Waals surface area (Å²) < 4.78 is 44.5. The van der Waals surface area contributed by atoms with Crippen LogP contribution < -0.4 is 10.6 Å². The molecule has 0 saturated heterocycles. The molecule has 2 amide bonds. The standard InChI is InChI=1S/C22H19FN2O5S/c23-18-9-8-16(12-19(18)25-21(26)14-6-7-14)24-22(27)20-15(10-11-30-20)13-31(28,29)17-4-2-1-3-5-17/h1-5,8-12,14H,6-7,13H2,(H,24,27)(H,25,26). The first-order valence-corrected chi connectivity index (χ1v) is 11.2. The first-order chi connectivity index (χ1) is 14.8. The van der Waals surface area contributed by atoms with E-state index in [1.165, 1.54) is 36.6 Å². The molecule has 7 nitrogen and oxygen atoms in total. The van der Waals surface area contributed by atoms with Crippen LogP contribution in [0.4, 0.5) is 15.8 Å². The summed E-state index contributed by atoms with van der Waals surface area (Å²) in [6, 6.07) is 13.1. The van der Waals surface area contributed by atoms with Crippen molar-refractivity contribution in [3.05, 3.63) is 78.0 Å². The van der Waals surface area contributed by atoms with Gasteiger partial charge in [-0.05, 0) is 49.2 Å². The average Bonchev–Trinajstić information content (AvgIpc) is 3.50. The van der Waals surface area contributed by atoms with E-state index in [1.807, 2.05) is 0 Å². The van der Waals surface area contributed by atoms with E-state index in [9.17, 15) is 22.4 Å². The summed E-state index contributed by atoms with van der Waals surface area (Å²) in [5, 5.41) is 5.06. The molecule has 0 atom stereocenters. The van der Waals surface area contributed by atoms with Crippen LogP contribution in [-0.4, -0.2) is 20.2 Å². The summed E-state index contributed by atoms with van der Waals surface area (Å²) in [5.74, 6) is -2.25. The number of carbonyl (C=O) groups excluding carboxylic acids is 2. The Morgan fingerprint density at radius 1 is 1.03 bits per heavy atom. The van der Waals surface area contributed by atoms with Crippen molar-refractivity contribution in [1.82, 2.24) is 0 Å². The first-order valence-electron chi connectivity index (χ1n) is 9.59. The fourth-order valence-electron chi connectivity index (χ4n) is 3.03. The maximum atomic E-state index is 14.0. The molecule has 4 rings (SSSR count). The van der Waals surface area contributed by atoms with E-state index < -0.39 is 27.3 Å². The lowest BCUT2D eigenvalue weighted by Gasteiger charge is -2.10. The fourth-order valence-corrected chi connectivity index (χ4v) is 4.41. The normalized spacial score (nSPS) is 13.6. The largest absolute Gasteiger partial charge is 0.459 e. The van der Waals surface area contributed by atoms with Crippen molar-refractivity contribution in [2.24, 2.45) is 5.92 Å². The third kappa shape index (κ3) is 4.83. The van der Waals surface area contributed by atoms with Gasteiger partial charge in [-0.25, -0.2) is 12.8 Å². The predicted octanol–water partition coefficient (Wildman–Crippen LogP) is 3.99. The Kier molecular flexibility index (Phi) is 5.60. The monoisotopic (exact) mass is 442 g/mol. The lowest BCUT2D eigenvalue weighted by Crippen LogP contribution is -2.16. The summed E-state index contributed by atoms with van der Waals surface area (Å²) in [6.45, 7) is 0. The van der Waals surface area contributed by atoms with E-state index in [0.717, 1.165) is 18.9 Å². The van der Waals surface area contributed by atoms with Gasteiger partial charge in [0.05, 0.1) is 22.6 Å². The van der Waals surface area contributed by atoms with Crippen molar-refractivity contribution in [3.63, 3.8) is 0 Å². The number of carbonyl (C=O) groups is 2. The highest BCUT2D eigenvalue weighted by molar-refractivity contribution is 7.90. The molecule has 31 heavy (non-hydrogen) atoms. The number of furan rings is 1. The highest BCUT2D eigenvalue weighted by atomic mass is 32.2. The number of amides is 2. The second-order valence-electron chi connectivity index (χ2n) is 7.26. The Bertz CT molecular complexity index is 1230. The van der Waals surface area contributed by atoms with E-state index in [2.05, 4.69) is 10.6 Å². The minimum Gasteiger partial charge on any atom is -0.459 e. The molecule has 0 unspecified atom stereocenters. The van der Waals surface area contributed by atoms with Crippen LogP contribution in [0.25, 0.3) is 0 Å². The molecular formula is C22H19FN2O5S. The van der Waals surface area contributed by atoms with E-state index in [-0.39, 0.29) is 39.4 Å². The van der Waals surface area contributed by atoms with Crippen molar-refractivity contribution in [3.8, 4) is 0 Å². The maximum Gasteiger partial charge on any atom is 0.291 e. The lowest BCUT2D eigenvalue weighted by atomic mass is 10.2. The topological polar surface area (TPSA) is 105 Å². The van der Waals surface area contributed by atoms with Gasteiger partial charge in [-0.1, -0.05) is 18.2 Å². The van der Waals surface area contributed by atoms with Crippen molar-refractivity contribution in [2.75, 3.05) is 10.6 Å². The highest BCUT2D eigenvalue weighted by Crippen LogP contribution is 2.31. The number of rotatable bonds is 7. The van der Waals surface area contributed by atoms with E-state index in [1.54, 1.807) is 18.2 Å². The maximum absolute atomic E-state index is 14.0. The van der Waals surface area contributed by atoms with Gasteiger partial charge in [0, 0.05) is 17.2 Å². The van der Waals surface area contributed by atoms with Crippen LogP contribution in [0, 0.1) is 11.7 Å². The SMILES string of the molecule is O=C(Nc1ccc(F)c(NC(=O)C2CC2)c1)c1occc1CS(=O)(=O)c1ccccc1. The fraction of sp³-hybridized carbons (Fsp3) is 0.182. The van der Waals surface area contributed by atoms with Crippen molar-refractivity contribution in [1.29, 1.82) is 0 Å². The van der Waals surface area contributed by atoms with Gasteiger partial charge in [-0.2, -0.15) is 0 Å². The molecule has 0 spiro atoms. The number of hydrogen-bond donors (Lipinski definition) is 2. The number of benzene rings is 2. The molecule has 2 N–H and O–H groups in total. The Balaban J connectivity index is 1.50. The predicted molar refractivity (Wildman–Crippen MR) is 112 cm³/mol. The van der Waals surface area contributed by atoms with Crippen LogP contribution in [-0.2, 0) is 20.4 Å². The van der Waals surface area contributed by atoms with Crippen molar-refractivity contribution >= 4 is 33.0 Å². The summed E-state index contributed by atoms with van der Waals surface area (Å²) in [7, 11) is -3.68. The molecule has 1 aliphatic rings. The highest BCUT2D eigenvalue weighted by Gasteiger charge is 2.30. The van der Waals surface area contributed by atoms with Crippen LogP contribution in [0.3, 0.4) is 0 Å². The van der Waals surface area contributed by atoms with Gasteiger partial charge in [0.1, 0.15) is 5.82 Å². The zero-order valence-electron chi connectivity index (χ0n) is 16.3. The summed E-state index contributed by atoms with van der Waals surface area (Å²) in [6.07, 6.45) is 2.78. The van der Waals surface area contributed by atoms with E-state index in [4.69, 9.17) is 4.42 Å². The minimum absolute atomic E-state index is 0.0407. The van der Waals surface area contributed by atoms with Gasteiger partial charge in [-0.15, -0.1) is 0 Å². The number of nitrogens with one attached hydrogen (secondary N) is 2. The third-order valence-corrected chi connectivity index (χ3v) is 6.51. The number of sulfone groups is 1. The minimum atomic E-state index is -3.68. The Labute approximate surface area is 178 Å². The Morgan fingerprint density at radius 2 is 1.77 bits per heavy atom. The molecule has 0 radical (unpaired) electrons. The average molecular weight is 442 g/mol. The molecule has 1 fully saturated rings. The molecular weight excluding hydrogens is 423 g/mol. The smallest absolute Gasteiger partial charge is 0.291 e. The number of anilines is 2. The molecule has 0 aliphatic heterocycles. The van der Waals surface area contributed by atoms with Crippen LogP contribution in [0.15, 0.2) is 70.2 Å². The first kappa shape index (κ1) is 20.8. The van der Waals surface area contributed by atoms with Gasteiger partial charge in [-0.3, -0.25) is 9.59 Å². The summed E-state index contributed by atoms with van der Waals surface area (Å²) in [5.41, 5.74) is 0.387. The molecule has 9 heteroatoms. The summed E-state index contributed by atoms with van der Waals surface area (Å²) in [4.78, 5) is 24.7. The second-order valence-corrected chi connectivity index (χ2v) is 9.25. The van der Waals surface area contributed by atoms with Gasteiger partial charge >= 0.3 is 0 Å². The molecule has 1 heterocycles. The van der Waals surface area contributed by atoms with Crippen LogP contribution in [0.1, 0.15) is 29.0 Å². The number of hydrogen-bond acceptors (Lipinski definition) is 5. The Morgan fingerprint density at radius 3 is 2.48 bits per heavy atom. The van der Waals surface area contributed by atoms with E-state index in [0.29, 0.717) is 0 Å². The van der Waals surface area contributed by atoms with E-state index >= 15 is 0 Å². The van der Waals surface area contributed by atoms with Crippen LogP contribution in [0.5, 0.6) is 0 Å². The van der Waals surface area contributed by atoms with Gasteiger partial charge in [0.2, 0.25) is 5.91 Å². The van der Waals surface area contributed by atoms with Gasteiger partial charge in [0.15, 0.2) is 15.6 Å². The second kappa shape index (κ2) is 8.35. The third-order valence-electron chi connectivity index (χ3n) is 4.83. The Hall–Kier alpha value is -3.46. The lowest BCUT2D eigenvalue weighted by molar-refractivity contribution is -0.117. The molecule has 1 aliphatic carbocycles. The molecule has 1 saturated carbocycles. The van der Waals surface area contributed by atoms with Gasteiger partial charge < -0.3 is 15.1 Å². The molecule has 2 aromatic carbocycles. The molecule has 160 valence electrons. The zero-order valence-corrected chi connectivity index (χ0v) is 17.1. The van der Waals surface area contributed by atoms with Gasteiger partial charge in [0.25, 0.3) is 5.91 Å². The summed E-state index contributed by atoms with van der Waals surface area (Å²) >= 11 is 0. The van der Waals surface area contributed by atoms with Crippen molar-refractivity contribution < 1.29 is 26.8 Å². The molecule has 3 aromatic rings. The molecule has 0 bridgehead atoms. The van der Waals surface area contributed by atoms with Crippen LogP contribution >= 0.6 is 0 Å².